The minimum absolute atomic E-state index is 0. The summed E-state index contributed by atoms with van der Waals surface area (Å²) in [7, 11) is 1.62. The first-order chi connectivity index (χ1) is 11.8. The van der Waals surface area contributed by atoms with Crippen LogP contribution >= 0.6 is 24.0 Å². The van der Waals surface area contributed by atoms with Crippen molar-refractivity contribution < 1.29 is 4.74 Å². The molecule has 0 bridgehead atoms. The molecular formula is C18H20IN5O. The number of halogens is 1. The summed E-state index contributed by atoms with van der Waals surface area (Å²) in [5, 5.41) is 7.39. The van der Waals surface area contributed by atoms with Crippen LogP contribution in [0.2, 0.25) is 0 Å². The number of methoxy groups -OCH3 is 1. The SMILES string of the molecule is COc1ccccc1NC(N)=NCc1cnn(-c2ccccc2)c1.I. The lowest BCUT2D eigenvalue weighted by Crippen LogP contribution is -2.22. The summed E-state index contributed by atoms with van der Waals surface area (Å²) >= 11 is 0. The quantitative estimate of drug-likeness (QED) is 0.356. The molecule has 1 heterocycles. The van der Waals surface area contributed by atoms with Crippen LogP contribution in [0, 0.1) is 0 Å². The van der Waals surface area contributed by atoms with Crippen LogP contribution in [-0.2, 0) is 6.54 Å². The number of nitrogens with zero attached hydrogens (tertiary/aromatic N) is 3. The van der Waals surface area contributed by atoms with Gasteiger partial charge in [-0.2, -0.15) is 5.10 Å². The maximum absolute atomic E-state index is 5.95. The predicted molar refractivity (Wildman–Crippen MR) is 111 cm³/mol. The second kappa shape index (κ2) is 9.07. The molecule has 0 saturated heterocycles. The van der Waals surface area contributed by atoms with Crippen LogP contribution in [0.4, 0.5) is 5.69 Å². The number of rotatable bonds is 5. The Labute approximate surface area is 163 Å². The highest BCUT2D eigenvalue weighted by Gasteiger charge is 2.03. The molecule has 2 aromatic carbocycles. The van der Waals surface area contributed by atoms with Gasteiger partial charge in [0.1, 0.15) is 5.75 Å². The van der Waals surface area contributed by atoms with Crippen LogP contribution in [0.1, 0.15) is 5.56 Å². The Hall–Kier alpha value is -2.55. The number of ether oxygens (including phenoxy) is 1. The molecule has 130 valence electrons. The van der Waals surface area contributed by atoms with E-state index in [1.54, 1.807) is 13.3 Å². The normalized spacial score (nSPS) is 10.8. The lowest BCUT2D eigenvalue weighted by atomic mass is 10.3. The van der Waals surface area contributed by atoms with Gasteiger partial charge in [0.2, 0.25) is 0 Å². The molecule has 0 spiro atoms. The van der Waals surface area contributed by atoms with Crippen molar-refractivity contribution in [3.8, 4) is 11.4 Å². The molecule has 3 aromatic rings. The van der Waals surface area contributed by atoms with E-state index in [0.29, 0.717) is 18.3 Å². The molecule has 0 aliphatic rings. The van der Waals surface area contributed by atoms with E-state index < -0.39 is 0 Å². The van der Waals surface area contributed by atoms with E-state index in [2.05, 4.69) is 15.4 Å². The number of hydrogen-bond acceptors (Lipinski definition) is 3. The number of para-hydroxylation sites is 3. The molecule has 6 nitrogen and oxygen atoms in total. The maximum atomic E-state index is 5.95. The van der Waals surface area contributed by atoms with Crippen molar-refractivity contribution in [2.75, 3.05) is 12.4 Å². The van der Waals surface area contributed by atoms with E-state index in [1.165, 1.54) is 0 Å². The fourth-order valence-electron chi connectivity index (χ4n) is 2.27. The van der Waals surface area contributed by atoms with Gasteiger partial charge in [0.05, 0.1) is 31.2 Å². The van der Waals surface area contributed by atoms with Crippen LogP contribution in [0.5, 0.6) is 5.75 Å². The lowest BCUT2D eigenvalue weighted by Gasteiger charge is -2.09. The van der Waals surface area contributed by atoms with E-state index in [1.807, 2.05) is 65.5 Å². The summed E-state index contributed by atoms with van der Waals surface area (Å²) in [4.78, 5) is 4.35. The first-order valence-corrected chi connectivity index (χ1v) is 7.55. The number of anilines is 1. The Morgan fingerprint density at radius 1 is 1.16 bits per heavy atom. The van der Waals surface area contributed by atoms with Crippen molar-refractivity contribution in [1.82, 2.24) is 9.78 Å². The Morgan fingerprint density at radius 3 is 2.64 bits per heavy atom. The maximum Gasteiger partial charge on any atom is 0.193 e. The molecule has 0 aliphatic heterocycles. The second-order valence-electron chi connectivity index (χ2n) is 5.16. The number of aromatic nitrogens is 2. The molecule has 0 unspecified atom stereocenters. The second-order valence-corrected chi connectivity index (χ2v) is 5.16. The average Bonchev–Trinajstić information content (AvgIpc) is 3.10. The highest BCUT2D eigenvalue weighted by Crippen LogP contribution is 2.22. The molecule has 0 radical (unpaired) electrons. The number of nitrogens with one attached hydrogen (secondary N) is 1. The van der Waals surface area contributed by atoms with Crippen molar-refractivity contribution >= 4 is 35.6 Å². The summed E-state index contributed by atoms with van der Waals surface area (Å²) in [6.45, 7) is 0.445. The van der Waals surface area contributed by atoms with Crippen LogP contribution in [0.15, 0.2) is 72.0 Å². The molecule has 3 N–H and O–H groups in total. The smallest absolute Gasteiger partial charge is 0.193 e. The van der Waals surface area contributed by atoms with Crippen molar-refractivity contribution in [2.45, 2.75) is 6.54 Å². The number of nitrogens with two attached hydrogens (primary N) is 1. The zero-order chi connectivity index (χ0) is 16.8. The van der Waals surface area contributed by atoms with Gasteiger partial charge in [0.25, 0.3) is 0 Å². The highest BCUT2D eigenvalue weighted by molar-refractivity contribution is 14.0. The fraction of sp³-hybridized carbons (Fsp3) is 0.111. The predicted octanol–water partition coefficient (Wildman–Crippen LogP) is 3.43. The molecular weight excluding hydrogens is 429 g/mol. The van der Waals surface area contributed by atoms with Gasteiger partial charge in [-0.1, -0.05) is 30.3 Å². The Kier molecular flexibility index (Phi) is 6.81. The summed E-state index contributed by atoms with van der Waals surface area (Å²) in [6, 6.07) is 17.5. The highest BCUT2D eigenvalue weighted by atomic mass is 127. The topological polar surface area (TPSA) is 77.5 Å². The average molecular weight is 449 g/mol. The van der Waals surface area contributed by atoms with Gasteiger partial charge in [-0.25, -0.2) is 9.67 Å². The van der Waals surface area contributed by atoms with Crippen molar-refractivity contribution in [3.05, 3.63) is 72.6 Å². The Balaban J connectivity index is 0.00000225. The van der Waals surface area contributed by atoms with E-state index in [9.17, 15) is 0 Å². The molecule has 7 heteroatoms. The standard InChI is InChI=1S/C18H19N5O.HI/c1-24-17-10-6-5-9-16(17)22-18(19)20-11-14-12-21-23(13-14)15-7-3-2-4-8-15;/h2-10,12-13H,11H2,1H3,(H3,19,20,22);1H. The first-order valence-electron chi connectivity index (χ1n) is 7.55. The number of guanidine groups is 1. The molecule has 25 heavy (non-hydrogen) atoms. The summed E-state index contributed by atoms with van der Waals surface area (Å²) < 4.78 is 7.09. The largest absolute Gasteiger partial charge is 0.495 e. The Bertz CT molecular complexity index is 832. The van der Waals surface area contributed by atoms with E-state index in [-0.39, 0.29) is 24.0 Å². The van der Waals surface area contributed by atoms with Gasteiger partial charge in [0.15, 0.2) is 5.96 Å². The van der Waals surface area contributed by atoms with Gasteiger partial charge in [-0.3, -0.25) is 0 Å². The molecule has 0 saturated carbocycles. The van der Waals surface area contributed by atoms with Gasteiger partial charge in [-0.15, -0.1) is 24.0 Å². The number of hydrogen-bond donors (Lipinski definition) is 2. The summed E-state index contributed by atoms with van der Waals surface area (Å²) in [5.74, 6) is 1.04. The Morgan fingerprint density at radius 2 is 1.88 bits per heavy atom. The molecule has 3 rings (SSSR count). The minimum Gasteiger partial charge on any atom is -0.495 e. The zero-order valence-corrected chi connectivity index (χ0v) is 16.1. The van der Waals surface area contributed by atoms with Crippen LogP contribution in [-0.4, -0.2) is 22.8 Å². The third-order valence-corrected chi connectivity index (χ3v) is 3.46. The number of benzene rings is 2. The molecule has 0 fully saturated rings. The van der Waals surface area contributed by atoms with Gasteiger partial charge in [-0.05, 0) is 24.3 Å². The summed E-state index contributed by atoms with van der Waals surface area (Å²) in [6.07, 6.45) is 3.72. The lowest BCUT2D eigenvalue weighted by molar-refractivity contribution is 0.417. The minimum atomic E-state index is 0. The molecule has 0 atom stereocenters. The molecule has 0 aliphatic carbocycles. The van der Waals surface area contributed by atoms with Crippen molar-refractivity contribution in [2.24, 2.45) is 10.7 Å². The van der Waals surface area contributed by atoms with Gasteiger partial charge < -0.3 is 15.8 Å². The third-order valence-electron chi connectivity index (χ3n) is 3.46. The first kappa shape index (κ1) is 18.8. The molecule has 0 amide bonds. The molecule has 1 aromatic heterocycles. The van der Waals surface area contributed by atoms with Crippen molar-refractivity contribution in [3.63, 3.8) is 0 Å². The zero-order valence-electron chi connectivity index (χ0n) is 13.8. The number of aliphatic imine (C=N–C) groups is 1. The van der Waals surface area contributed by atoms with Crippen LogP contribution in [0.25, 0.3) is 5.69 Å². The monoisotopic (exact) mass is 449 g/mol. The third kappa shape index (κ3) is 4.96. The van der Waals surface area contributed by atoms with E-state index in [0.717, 1.165) is 16.9 Å². The van der Waals surface area contributed by atoms with Crippen LogP contribution < -0.4 is 15.8 Å². The van der Waals surface area contributed by atoms with Gasteiger partial charge in [0, 0.05) is 11.8 Å². The van der Waals surface area contributed by atoms with Crippen LogP contribution in [0.3, 0.4) is 0 Å². The van der Waals surface area contributed by atoms with E-state index >= 15 is 0 Å². The van der Waals surface area contributed by atoms with E-state index in [4.69, 9.17) is 10.5 Å². The van der Waals surface area contributed by atoms with Gasteiger partial charge >= 0.3 is 0 Å². The fourth-order valence-corrected chi connectivity index (χ4v) is 2.27. The van der Waals surface area contributed by atoms with Crippen molar-refractivity contribution in [1.29, 1.82) is 0 Å². The summed E-state index contributed by atoms with van der Waals surface area (Å²) in [5.41, 5.74) is 8.71.